The van der Waals surface area contributed by atoms with Gasteiger partial charge in [-0.15, -0.1) is 0 Å². The average molecular weight is 364 g/mol. The van der Waals surface area contributed by atoms with Crippen LogP contribution < -0.4 is 24.2 Å². The second-order valence-corrected chi connectivity index (χ2v) is 7.06. The molecule has 0 radical (unpaired) electrons. The summed E-state index contributed by atoms with van der Waals surface area (Å²) in [6.07, 6.45) is 1.04. The van der Waals surface area contributed by atoms with Crippen LogP contribution in [0.5, 0.6) is 17.2 Å². The lowest BCUT2D eigenvalue weighted by Crippen LogP contribution is -2.13. The van der Waals surface area contributed by atoms with Crippen molar-refractivity contribution in [3.05, 3.63) is 42.0 Å². The van der Waals surface area contributed by atoms with Crippen LogP contribution in [0.1, 0.15) is 10.4 Å². The summed E-state index contributed by atoms with van der Waals surface area (Å²) in [6, 6.07) is 9.49. The Hall–Kier alpha value is -2.94. The van der Waals surface area contributed by atoms with E-state index in [1.807, 2.05) is 0 Å². The van der Waals surface area contributed by atoms with E-state index in [1.54, 1.807) is 24.3 Å². The molecule has 0 fully saturated rings. The smallest absolute Gasteiger partial charge is 0.255 e. The first-order chi connectivity index (χ1) is 11.9. The lowest BCUT2D eigenvalue weighted by atomic mass is 10.2. The number of benzene rings is 2. The van der Waals surface area contributed by atoms with Crippen molar-refractivity contribution < 1.29 is 27.4 Å². The number of carbonyl (C=O) groups excluding carboxylic acids is 1. The van der Waals surface area contributed by atoms with Gasteiger partial charge in [0.1, 0.15) is 5.75 Å². The fourth-order valence-electron chi connectivity index (χ4n) is 2.29. The molecule has 132 valence electrons. The molecule has 0 aromatic heterocycles. The first-order valence-corrected chi connectivity index (χ1v) is 9.12. The summed E-state index contributed by atoms with van der Waals surface area (Å²) in [6.45, 7) is 0.131. The number of anilines is 2. The van der Waals surface area contributed by atoms with Gasteiger partial charge in [0.15, 0.2) is 11.5 Å². The van der Waals surface area contributed by atoms with Crippen LogP contribution in [0, 0.1) is 0 Å². The van der Waals surface area contributed by atoms with Gasteiger partial charge in [-0.1, -0.05) is 0 Å². The number of amides is 1. The van der Waals surface area contributed by atoms with Gasteiger partial charge in [0.25, 0.3) is 5.91 Å². The first-order valence-electron chi connectivity index (χ1n) is 7.22. The summed E-state index contributed by atoms with van der Waals surface area (Å²) in [5.74, 6) is 1.05. The molecule has 0 saturated heterocycles. The number of fused-ring (bicyclic) bond motifs is 1. The van der Waals surface area contributed by atoms with Gasteiger partial charge in [-0.2, -0.15) is 0 Å². The number of sulfonamides is 1. The molecule has 0 bridgehead atoms. The van der Waals surface area contributed by atoms with E-state index < -0.39 is 10.0 Å². The van der Waals surface area contributed by atoms with Crippen LogP contribution in [0.3, 0.4) is 0 Å². The van der Waals surface area contributed by atoms with E-state index in [-0.39, 0.29) is 24.1 Å². The molecule has 0 saturated carbocycles. The molecule has 3 rings (SSSR count). The molecule has 0 atom stereocenters. The molecular weight excluding hydrogens is 348 g/mol. The number of nitrogens with one attached hydrogen (secondary N) is 2. The Bertz CT molecular complexity index is 926. The monoisotopic (exact) mass is 364 g/mol. The van der Waals surface area contributed by atoms with Gasteiger partial charge in [0.2, 0.25) is 16.8 Å². The number of hydrogen-bond acceptors (Lipinski definition) is 6. The first kappa shape index (κ1) is 16.9. The molecule has 25 heavy (non-hydrogen) atoms. The molecule has 9 heteroatoms. The van der Waals surface area contributed by atoms with Gasteiger partial charge in [-0.25, -0.2) is 8.42 Å². The predicted octanol–water partition coefficient (Wildman–Crippen LogP) is 2.05. The lowest BCUT2D eigenvalue weighted by molar-refractivity contribution is 0.102. The molecular formula is C16H16N2O6S. The quantitative estimate of drug-likeness (QED) is 0.842. The molecule has 2 aromatic carbocycles. The minimum absolute atomic E-state index is 0.131. The summed E-state index contributed by atoms with van der Waals surface area (Å²) >= 11 is 0. The maximum atomic E-state index is 12.4. The number of ether oxygens (including phenoxy) is 3. The van der Waals surface area contributed by atoms with Crippen LogP contribution in [0.4, 0.5) is 11.4 Å². The molecule has 1 amide bonds. The second kappa shape index (κ2) is 6.52. The van der Waals surface area contributed by atoms with E-state index in [0.29, 0.717) is 22.7 Å². The van der Waals surface area contributed by atoms with E-state index in [4.69, 9.17) is 14.2 Å². The maximum Gasteiger partial charge on any atom is 0.255 e. The highest BCUT2D eigenvalue weighted by atomic mass is 32.2. The van der Waals surface area contributed by atoms with Crippen LogP contribution in [-0.2, 0) is 10.0 Å². The molecule has 1 aliphatic heterocycles. The summed E-state index contributed by atoms with van der Waals surface area (Å²) < 4.78 is 40.7. The van der Waals surface area contributed by atoms with Crippen molar-refractivity contribution in [3.63, 3.8) is 0 Å². The third kappa shape index (κ3) is 3.94. The third-order valence-electron chi connectivity index (χ3n) is 3.39. The van der Waals surface area contributed by atoms with Crippen LogP contribution in [0.25, 0.3) is 0 Å². The molecule has 2 N–H and O–H groups in total. The molecule has 8 nitrogen and oxygen atoms in total. The predicted molar refractivity (Wildman–Crippen MR) is 92.0 cm³/mol. The van der Waals surface area contributed by atoms with Gasteiger partial charge >= 0.3 is 0 Å². The summed E-state index contributed by atoms with van der Waals surface area (Å²) in [4.78, 5) is 12.4. The number of methoxy groups -OCH3 is 1. The Kier molecular flexibility index (Phi) is 4.41. The van der Waals surface area contributed by atoms with Crippen molar-refractivity contribution in [1.82, 2.24) is 0 Å². The van der Waals surface area contributed by atoms with Crippen LogP contribution in [0.15, 0.2) is 36.4 Å². The van der Waals surface area contributed by atoms with E-state index in [9.17, 15) is 13.2 Å². The average Bonchev–Trinajstić information content (AvgIpc) is 3.02. The molecule has 2 aromatic rings. The van der Waals surface area contributed by atoms with Crippen molar-refractivity contribution in [2.24, 2.45) is 0 Å². The van der Waals surface area contributed by atoms with Crippen molar-refractivity contribution in [2.75, 3.05) is 30.2 Å². The molecule has 1 aliphatic rings. The fourth-order valence-corrected chi connectivity index (χ4v) is 2.86. The van der Waals surface area contributed by atoms with E-state index in [0.717, 1.165) is 6.26 Å². The van der Waals surface area contributed by atoms with Gasteiger partial charge < -0.3 is 19.5 Å². The van der Waals surface area contributed by atoms with Crippen molar-refractivity contribution >= 4 is 27.3 Å². The lowest BCUT2D eigenvalue weighted by Gasteiger charge is -2.12. The Labute approximate surface area is 144 Å². The van der Waals surface area contributed by atoms with Gasteiger partial charge in [0.05, 0.1) is 19.1 Å². The van der Waals surface area contributed by atoms with E-state index in [1.165, 1.54) is 19.2 Å². The molecule has 0 aliphatic carbocycles. The zero-order valence-electron chi connectivity index (χ0n) is 13.5. The fraction of sp³-hybridized carbons (Fsp3) is 0.188. The number of rotatable bonds is 5. The van der Waals surface area contributed by atoms with Crippen molar-refractivity contribution in [1.29, 1.82) is 0 Å². The Morgan fingerprint density at radius 1 is 1.12 bits per heavy atom. The number of hydrogen-bond donors (Lipinski definition) is 2. The number of carbonyl (C=O) groups is 1. The van der Waals surface area contributed by atoms with Gasteiger partial charge in [-0.3, -0.25) is 9.52 Å². The highest BCUT2D eigenvalue weighted by Crippen LogP contribution is 2.33. The van der Waals surface area contributed by atoms with Gasteiger partial charge in [-0.05, 0) is 30.3 Å². The highest BCUT2D eigenvalue weighted by Gasteiger charge is 2.17. The maximum absolute atomic E-state index is 12.4. The summed E-state index contributed by atoms with van der Waals surface area (Å²) in [7, 11) is -2.03. The van der Waals surface area contributed by atoms with Crippen LogP contribution in [0.2, 0.25) is 0 Å². The SMILES string of the molecule is COc1cc(NC(=O)c2ccc3c(c2)OCO3)ccc1NS(C)(=O)=O. The van der Waals surface area contributed by atoms with Crippen LogP contribution >= 0.6 is 0 Å². The second-order valence-electron chi connectivity index (χ2n) is 5.31. The standard InChI is InChI=1S/C16H16N2O6S/c1-22-14-8-11(4-5-12(14)18-25(2,20)21)17-16(19)10-3-6-13-15(7-10)24-9-23-13/h3-8,18H,9H2,1-2H3,(H,17,19). The topological polar surface area (TPSA) is 103 Å². The van der Waals surface area contributed by atoms with Crippen molar-refractivity contribution in [3.8, 4) is 17.2 Å². The largest absolute Gasteiger partial charge is 0.494 e. The zero-order chi connectivity index (χ0) is 18.0. The normalized spacial score (nSPS) is 12.6. The van der Waals surface area contributed by atoms with Crippen molar-refractivity contribution in [2.45, 2.75) is 0 Å². The summed E-state index contributed by atoms with van der Waals surface area (Å²) in [5, 5.41) is 2.72. The third-order valence-corrected chi connectivity index (χ3v) is 3.98. The highest BCUT2D eigenvalue weighted by molar-refractivity contribution is 7.92. The minimum atomic E-state index is -3.44. The molecule has 1 heterocycles. The Morgan fingerprint density at radius 2 is 1.88 bits per heavy atom. The molecule has 0 spiro atoms. The van der Waals surface area contributed by atoms with E-state index >= 15 is 0 Å². The molecule has 0 unspecified atom stereocenters. The minimum Gasteiger partial charge on any atom is -0.494 e. The van der Waals surface area contributed by atoms with Gasteiger partial charge in [0, 0.05) is 17.3 Å². The summed E-state index contributed by atoms with van der Waals surface area (Å²) in [5.41, 5.74) is 1.14. The van der Waals surface area contributed by atoms with E-state index in [2.05, 4.69) is 10.0 Å². The Balaban J connectivity index is 1.79. The van der Waals surface area contributed by atoms with Crippen LogP contribution in [-0.4, -0.2) is 34.5 Å². The Morgan fingerprint density at radius 3 is 2.60 bits per heavy atom. The zero-order valence-corrected chi connectivity index (χ0v) is 14.3.